The molecule has 1 fully saturated rings. The van der Waals surface area contributed by atoms with Crippen LogP contribution in [0.25, 0.3) is 11.0 Å². The van der Waals surface area contributed by atoms with E-state index in [9.17, 15) is 19.2 Å². The molecule has 0 saturated heterocycles. The van der Waals surface area contributed by atoms with Gasteiger partial charge in [-0.05, 0) is 36.6 Å². The first-order valence-corrected chi connectivity index (χ1v) is 9.64. The zero-order valence-corrected chi connectivity index (χ0v) is 16.6. The zero-order chi connectivity index (χ0) is 20.7. The van der Waals surface area contributed by atoms with E-state index < -0.39 is 29.1 Å². The van der Waals surface area contributed by atoms with Crippen LogP contribution in [-0.4, -0.2) is 26.3 Å². The average Bonchev–Trinajstić information content (AvgIpc) is 3.50. The maximum Gasteiger partial charge on any atom is 0.330 e. The third-order valence-corrected chi connectivity index (χ3v) is 5.19. The Morgan fingerprint density at radius 3 is 2.69 bits per heavy atom. The van der Waals surface area contributed by atoms with Gasteiger partial charge in [-0.15, -0.1) is 0 Å². The summed E-state index contributed by atoms with van der Waals surface area (Å²) in [6.07, 6.45) is 2.93. The lowest BCUT2D eigenvalue weighted by molar-refractivity contribution is -0.120. The van der Waals surface area contributed by atoms with E-state index >= 15 is 0 Å². The Hall–Kier alpha value is -3.27. The van der Waals surface area contributed by atoms with Crippen molar-refractivity contribution in [3.63, 3.8) is 0 Å². The standard InChI is InChI=1S/C19H16BrN5O4/c20-11-3-1-2-9(6-11)14(15(21)26)23-17(27)10-7-13-16(22-8-10)25(12-4-5-12)19(29)24-18(13)28/h1-3,6-8,12,14H,4-5H2,(H2,21,26)(H,23,27)(H,24,28,29). The molecule has 0 radical (unpaired) electrons. The Labute approximate surface area is 172 Å². The van der Waals surface area contributed by atoms with E-state index in [1.54, 1.807) is 24.3 Å². The molecule has 3 aromatic rings. The Bertz CT molecular complexity index is 1260. The van der Waals surface area contributed by atoms with Gasteiger partial charge >= 0.3 is 5.69 Å². The second-order valence-corrected chi connectivity index (χ2v) is 7.74. The molecule has 2 aromatic heterocycles. The van der Waals surface area contributed by atoms with E-state index in [2.05, 4.69) is 31.2 Å². The molecule has 0 spiro atoms. The van der Waals surface area contributed by atoms with Gasteiger partial charge in [-0.25, -0.2) is 9.78 Å². The van der Waals surface area contributed by atoms with E-state index in [0.29, 0.717) is 5.56 Å². The highest BCUT2D eigenvalue weighted by Gasteiger charge is 2.28. The van der Waals surface area contributed by atoms with Gasteiger partial charge in [0.2, 0.25) is 5.91 Å². The first-order valence-electron chi connectivity index (χ1n) is 8.85. The molecule has 1 atom stereocenters. The van der Waals surface area contributed by atoms with Crippen LogP contribution in [0.4, 0.5) is 0 Å². The first kappa shape index (κ1) is 19.1. The van der Waals surface area contributed by atoms with E-state index in [4.69, 9.17) is 5.73 Å². The number of aromatic amines is 1. The minimum atomic E-state index is -1.06. The van der Waals surface area contributed by atoms with Crippen LogP contribution in [0, 0.1) is 0 Å². The number of carbonyl (C=O) groups excluding carboxylic acids is 2. The van der Waals surface area contributed by atoms with Gasteiger partial charge in [0.1, 0.15) is 11.7 Å². The van der Waals surface area contributed by atoms with Crippen LogP contribution in [0.1, 0.15) is 40.8 Å². The number of nitrogens with two attached hydrogens (primary N) is 1. The Balaban J connectivity index is 1.70. The summed E-state index contributed by atoms with van der Waals surface area (Å²) in [6, 6.07) is 7.14. The second kappa shape index (κ2) is 7.28. The molecule has 10 heteroatoms. The van der Waals surface area contributed by atoms with Crippen LogP contribution >= 0.6 is 15.9 Å². The number of fused-ring (bicyclic) bond motifs is 1. The van der Waals surface area contributed by atoms with E-state index in [1.165, 1.54) is 16.8 Å². The number of aromatic nitrogens is 3. The smallest absolute Gasteiger partial charge is 0.330 e. The fourth-order valence-corrected chi connectivity index (χ4v) is 3.57. The number of nitrogens with zero attached hydrogens (tertiary/aromatic N) is 2. The van der Waals surface area contributed by atoms with Crippen molar-refractivity contribution in [1.82, 2.24) is 19.9 Å². The summed E-state index contributed by atoms with van der Waals surface area (Å²) in [4.78, 5) is 55.4. The van der Waals surface area contributed by atoms with Crippen molar-refractivity contribution in [2.24, 2.45) is 5.73 Å². The molecule has 1 aromatic carbocycles. The van der Waals surface area contributed by atoms with Gasteiger partial charge < -0.3 is 11.1 Å². The minimum absolute atomic E-state index is 0.00444. The Morgan fingerprint density at radius 2 is 2.03 bits per heavy atom. The number of halogens is 1. The monoisotopic (exact) mass is 457 g/mol. The predicted molar refractivity (Wildman–Crippen MR) is 108 cm³/mol. The van der Waals surface area contributed by atoms with E-state index in [0.717, 1.165) is 17.3 Å². The van der Waals surface area contributed by atoms with Crippen LogP contribution in [0.2, 0.25) is 0 Å². The molecule has 0 bridgehead atoms. The van der Waals surface area contributed by atoms with Gasteiger partial charge in [0.05, 0.1) is 10.9 Å². The fraction of sp³-hybridized carbons (Fsp3) is 0.211. The summed E-state index contributed by atoms with van der Waals surface area (Å²) in [5.74, 6) is -1.35. The van der Waals surface area contributed by atoms with Crippen molar-refractivity contribution in [1.29, 1.82) is 0 Å². The molecule has 1 unspecified atom stereocenters. The van der Waals surface area contributed by atoms with Crippen molar-refractivity contribution in [3.05, 3.63) is 73.0 Å². The van der Waals surface area contributed by atoms with Crippen molar-refractivity contribution in [3.8, 4) is 0 Å². The second-order valence-electron chi connectivity index (χ2n) is 6.82. The summed E-state index contributed by atoms with van der Waals surface area (Å²) in [5.41, 5.74) is 5.14. The van der Waals surface area contributed by atoms with Crippen LogP contribution in [0.5, 0.6) is 0 Å². The number of hydrogen-bond donors (Lipinski definition) is 3. The van der Waals surface area contributed by atoms with Gasteiger partial charge in [0.25, 0.3) is 11.5 Å². The van der Waals surface area contributed by atoms with Crippen molar-refractivity contribution in [2.75, 3.05) is 0 Å². The Morgan fingerprint density at radius 1 is 1.28 bits per heavy atom. The number of amides is 2. The largest absolute Gasteiger partial charge is 0.368 e. The molecule has 2 amide bonds. The van der Waals surface area contributed by atoms with Gasteiger partial charge in [0, 0.05) is 16.7 Å². The molecule has 1 aliphatic rings. The normalized spacial score (nSPS) is 14.5. The molecular weight excluding hydrogens is 442 g/mol. The SMILES string of the molecule is NC(=O)C(NC(=O)c1cnc2c(c1)c(=O)[nH]c(=O)n2C1CC1)c1cccc(Br)c1. The topological polar surface area (TPSA) is 140 Å². The number of primary amides is 1. The van der Waals surface area contributed by atoms with Crippen LogP contribution in [-0.2, 0) is 4.79 Å². The summed E-state index contributed by atoms with van der Waals surface area (Å²) in [5, 5.41) is 2.69. The molecule has 148 valence electrons. The molecule has 4 rings (SSSR count). The summed E-state index contributed by atoms with van der Waals surface area (Å²) in [6.45, 7) is 0. The van der Waals surface area contributed by atoms with Crippen LogP contribution < -0.4 is 22.3 Å². The van der Waals surface area contributed by atoms with E-state index in [-0.39, 0.29) is 22.6 Å². The molecule has 1 saturated carbocycles. The zero-order valence-electron chi connectivity index (χ0n) is 15.0. The van der Waals surface area contributed by atoms with Gasteiger partial charge in [-0.1, -0.05) is 28.1 Å². The van der Waals surface area contributed by atoms with E-state index in [1.807, 2.05) is 0 Å². The highest BCUT2D eigenvalue weighted by Crippen LogP contribution is 2.34. The molecule has 2 heterocycles. The number of H-pyrrole nitrogens is 1. The van der Waals surface area contributed by atoms with Crippen molar-refractivity contribution in [2.45, 2.75) is 24.9 Å². The van der Waals surface area contributed by atoms with Crippen molar-refractivity contribution < 1.29 is 9.59 Å². The molecule has 1 aliphatic carbocycles. The maximum absolute atomic E-state index is 12.7. The van der Waals surface area contributed by atoms with Gasteiger partial charge in [0.15, 0.2) is 0 Å². The van der Waals surface area contributed by atoms with Gasteiger partial charge in [-0.3, -0.25) is 23.9 Å². The summed E-state index contributed by atoms with van der Waals surface area (Å²) in [7, 11) is 0. The number of hydrogen-bond acceptors (Lipinski definition) is 5. The molecule has 29 heavy (non-hydrogen) atoms. The Kier molecular flexibility index (Phi) is 4.79. The third kappa shape index (κ3) is 3.70. The lowest BCUT2D eigenvalue weighted by atomic mass is 10.1. The first-order chi connectivity index (χ1) is 13.8. The number of benzene rings is 1. The van der Waals surface area contributed by atoms with Crippen LogP contribution in [0.3, 0.4) is 0 Å². The number of rotatable bonds is 5. The summed E-state index contributed by atoms with van der Waals surface area (Å²) < 4.78 is 2.17. The van der Waals surface area contributed by atoms with Gasteiger partial charge in [-0.2, -0.15) is 0 Å². The highest BCUT2D eigenvalue weighted by atomic mass is 79.9. The molecule has 0 aliphatic heterocycles. The van der Waals surface area contributed by atoms with Crippen molar-refractivity contribution >= 4 is 38.8 Å². The third-order valence-electron chi connectivity index (χ3n) is 4.69. The molecule has 4 N–H and O–H groups in total. The lowest BCUT2D eigenvalue weighted by Crippen LogP contribution is -2.37. The quantitative estimate of drug-likeness (QED) is 0.526. The average molecular weight is 458 g/mol. The number of nitrogens with one attached hydrogen (secondary N) is 2. The lowest BCUT2D eigenvalue weighted by Gasteiger charge is -2.16. The number of pyridine rings is 1. The summed E-state index contributed by atoms with van der Waals surface area (Å²) >= 11 is 3.31. The maximum atomic E-state index is 12.7. The predicted octanol–water partition coefficient (Wildman–Crippen LogP) is 1.14. The number of carbonyl (C=O) groups is 2. The van der Waals surface area contributed by atoms with Crippen LogP contribution in [0.15, 0.2) is 50.6 Å². The molecular formula is C19H16BrN5O4. The molecule has 9 nitrogen and oxygen atoms in total. The minimum Gasteiger partial charge on any atom is -0.368 e. The fourth-order valence-electron chi connectivity index (χ4n) is 3.15. The highest BCUT2D eigenvalue weighted by molar-refractivity contribution is 9.10.